The Balaban J connectivity index is 3.08. The van der Waals surface area contributed by atoms with Crippen molar-refractivity contribution in [1.29, 1.82) is 0 Å². The Morgan fingerprint density at radius 1 is 0.967 bits per heavy atom. The lowest BCUT2D eigenvalue weighted by atomic mass is 9.71. The molecule has 0 amide bonds. The van der Waals surface area contributed by atoms with Crippen LogP contribution < -0.4 is 0 Å². The van der Waals surface area contributed by atoms with Crippen LogP contribution in [0.4, 0.5) is 0 Å². The van der Waals surface area contributed by atoms with Crippen LogP contribution in [0.15, 0.2) is 23.3 Å². The maximum Gasteiger partial charge on any atom is 0.333 e. The number of rotatable bonds is 8. The first-order valence-electron chi connectivity index (χ1n) is 10.8. The van der Waals surface area contributed by atoms with Crippen LogP contribution in [-0.4, -0.2) is 36.2 Å². The van der Waals surface area contributed by atoms with Crippen LogP contribution in [0.25, 0.3) is 0 Å². The molecule has 1 rings (SSSR count). The molecule has 0 N–H and O–H groups in total. The van der Waals surface area contributed by atoms with Crippen LogP contribution in [0.1, 0.15) is 74.7 Å². The number of carbonyl (C=O) groups excluding carboxylic acids is 3. The summed E-state index contributed by atoms with van der Waals surface area (Å²) in [5.41, 5.74) is 1.63. The van der Waals surface area contributed by atoms with Crippen molar-refractivity contribution < 1.29 is 28.6 Å². The zero-order valence-electron chi connectivity index (χ0n) is 19.7. The van der Waals surface area contributed by atoms with E-state index in [1.165, 1.54) is 13.8 Å². The topological polar surface area (TPSA) is 78.9 Å². The molecule has 30 heavy (non-hydrogen) atoms. The molecular weight excluding hydrogens is 384 g/mol. The van der Waals surface area contributed by atoms with Crippen LogP contribution in [-0.2, 0) is 28.6 Å². The zero-order chi connectivity index (χ0) is 23.0. The molecule has 0 aromatic rings. The lowest BCUT2D eigenvalue weighted by molar-refractivity contribution is -0.166. The van der Waals surface area contributed by atoms with Crippen molar-refractivity contribution in [3.8, 4) is 0 Å². The molecule has 1 saturated carbocycles. The molecule has 0 aromatic heterocycles. The van der Waals surface area contributed by atoms with Gasteiger partial charge in [0.25, 0.3) is 0 Å². The maximum atomic E-state index is 12.4. The van der Waals surface area contributed by atoms with E-state index in [0.29, 0.717) is 24.8 Å². The second kappa shape index (κ2) is 11.9. The highest BCUT2D eigenvalue weighted by Gasteiger charge is 2.41. The van der Waals surface area contributed by atoms with E-state index in [2.05, 4.69) is 6.92 Å². The number of esters is 3. The molecule has 170 valence electrons. The standard InChI is InChI=1S/C24H38O6/c1-9-15(4)24(27)30-23-12-17(6)22(29-19(8)26)13-21(23)16(5)11-20(10-14(2)3)28-18(7)25/h9-10,16-17,20-23H,11-13H2,1-8H3/b15-9-/t16-,17-,20+,21-,22+,23+/m0/s1. The van der Waals surface area contributed by atoms with Gasteiger partial charge in [0.1, 0.15) is 18.3 Å². The molecule has 0 radical (unpaired) electrons. The minimum absolute atomic E-state index is 0.0113. The zero-order valence-corrected chi connectivity index (χ0v) is 19.7. The Bertz CT molecular complexity index is 673. The van der Waals surface area contributed by atoms with Crippen LogP contribution in [0.3, 0.4) is 0 Å². The highest BCUT2D eigenvalue weighted by Crippen LogP contribution is 2.39. The third kappa shape index (κ3) is 8.33. The fourth-order valence-corrected chi connectivity index (χ4v) is 4.08. The average molecular weight is 423 g/mol. The summed E-state index contributed by atoms with van der Waals surface area (Å²) in [7, 11) is 0. The molecule has 0 bridgehead atoms. The van der Waals surface area contributed by atoms with E-state index in [1.807, 2.05) is 26.8 Å². The van der Waals surface area contributed by atoms with Gasteiger partial charge in [-0.25, -0.2) is 4.79 Å². The van der Waals surface area contributed by atoms with Gasteiger partial charge in [-0.3, -0.25) is 9.59 Å². The molecule has 1 aliphatic rings. The highest BCUT2D eigenvalue weighted by molar-refractivity contribution is 5.87. The second-order valence-corrected chi connectivity index (χ2v) is 8.78. The highest BCUT2D eigenvalue weighted by atomic mass is 16.6. The van der Waals surface area contributed by atoms with Gasteiger partial charge in [0, 0.05) is 25.3 Å². The van der Waals surface area contributed by atoms with Crippen molar-refractivity contribution in [2.75, 3.05) is 0 Å². The Morgan fingerprint density at radius 3 is 2.10 bits per heavy atom. The number of hydrogen-bond donors (Lipinski definition) is 0. The minimum Gasteiger partial charge on any atom is -0.462 e. The summed E-state index contributed by atoms with van der Waals surface area (Å²) in [6.07, 6.45) is 4.66. The third-order valence-corrected chi connectivity index (χ3v) is 5.72. The quantitative estimate of drug-likeness (QED) is 0.243. The summed E-state index contributed by atoms with van der Waals surface area (Å²) >= 11 is 0. The van der Waals surface area contributed by atoms with Crippen molar-refractivity contribution >= 4 is 17.9 Å². The van der Waals surface area contributed by atoms with Gasteiger partial charge in [-0.15, -0.1) is 0 Å². The molecule has 6 heteroatoms. The normalized spacial score (nSPS) is 26.2. The molecule has 0 aromatic carbocycles. The molecular formula is C24H38O6. The van der Waals surface area contributed by atoms with E-state index in [1.54, 1.807) is 19.9 Å². The Labute approximate surface area is 181 Å². The van der Waals surface area contributed by atoms with Gasteiger partial charge < -0.3 is 14.2 Å². The summed E-state index contributed by atoms with van der Waals surface area (Å²) in [5, 5.41) is 0. The summed E-state index contributed by atoms with van der Waals surface area (Å²) in [6.45, 7) is 14.4. The number of ether oxygens (including phenoxy) is 3. The van der Waals surface area contributed by atoms with Gasteiger partial charge in [-0.2, -0.15) is 0 Å². The predicted octanol–water partition coefficient (Wildman–Crippen LogP) is 4.77. The maximum absolute atomic E-state index is 12.4. The van der Waals surface area contributed by atoms with Crippen molar-refractivity contribution in [3.05, 3.63) is 23.3 Å². The van der Waals surface area contributed by atoms with Crippen molar-refractivity contribution in [1.82, 2.24) is 0 Å². The number of hydrogen-bond acceptors (Lipinski definition) is 6. The molecule has 0 saturated heterocycles. The van der Waals surface area contributed by atoms with Crippen molar-refractivity contribution in [2.45, 2.75) is 93.0 Å². The fraction of sp³-hybridized carbons (Fsp3) is 0.708. The first kappa shape index (κ1) is 25.9. The Kier molecular flexibility index (Phi) is 10.3. The van der Waals surface area contributed by atoms with Crippen LogP contribution in [0.5, 0.6) is 0 Å². The molecule has 1 fully saturated rings. The lowest BCUT2D eigenvalue weighted by Crippen LogP contribution is -2.44. The van der Waals surface area contributed by atoms with E-state index in [-0.39, 0.29) is 54.0 Å². The monoisotopic (exact) mass is 422 g/mol. The van der Waals surface area contributed by atoms with E-state index in [4.69, 9.17) is 14.2 Å². The molecule has 0 aliphatic heterocycles. The Morgan fingerprint density at radius 2 is 1.60 bits per heavy atom. The van der Waals surface area contributed by atoms with Crippen molar-refractivity contribution in [2.24, 2.45) is 17.8 Å². The summed E-state index contributed by atoms with van der Waals surface area (Å²) in [4.78, 5) is 35.5. The summed E-state index contributed by atoms with van der Waals surface area (Å²) < 4.78 is 16.9. The van der Waals surface area contributed by atoms with Gasteiger partial charge >= 0.3 is 17.9 Å². The van der Waals surface area contributed by atoms with E-state index < -0.39 is 0 Å². The van der Waals surface area contributed by atoms with Crippen LogP contribution in [0, 0.1) is 17.8 Å². The third-order valence-electron chi connectivity index (χ3n) is 5.72. The molecule has 6 nitrogen and oxygen atoms in total. The van der Waals surface area contributed by atoms with E-state index in [0.717, 1.165) is 5.57 Å². The molecule has 1 aliphatic carbocycles. The van der Waals surface area contributed by atoms with E-state index >= 15 is 0 Å². The minimum atomic E-state index is -0.345. The predicted molar refractivity (Wildman–Crippen MR) is 116 cm³/mol. The average Bonchev–Trinajstić information content (AvgIpc) is 2.61. The largest absolute Gasteiger partial charge is 0.462 e. The number of allylic oxidation sites excluding steroid dienone is 2. The van der Waals surface area contributed by atoms with Gasteiger partial charge in [-0.1, -0.05) is 25.5 Å². The summed E-state index contributed by atoms with van der Waals surface area (Å²) in [5.74, 6) is -0.795. The fourth-order valence-electron chi connectivity index (χ4n) is 4.08. The van der Waals surface area contributed by atoms with Crippen molar-refractivity contribution in [3.63, 3.8) is 0 Å². The SMILES string of the molecule is C/C=C(/C)C(=O)O[C@@H]1C[C@H](C)[C@H](OC(C)=O)C[C@H]1[C@@H](C)C[C@@H](C=C(C)C)OC(C)=O. The first-order valence-corrected chi connectivity index (χ1v) is 10.8. The van der Waals surface area contributed by atoms with Gasteiger partial charge in [0.05, 0.1) is 0 Å². The van der Waals surface area contributed by atoms with Gasteiger partial charge in [-0.05, 0) is 64.9 Å². The van der Waals surface area contributed by atoms with Crippen LogP contribution >= 0.6 is 0 Å². The lowest BCUT2D eigenvalue weighted by Gasteiger charge is -2.42. The van der Waals surface area contributed by atoms with Gasteiger partial charge in [0.2, 0.25) is 0 Å². The molecule has 0 heterocycles. The van der Waals surface area contributed by atoms with Gasteiger partial charge in [0.15, 0.2) is 0 Å². The molecule has 0 unspecified atom stereocenters. The Hall–Kier alpha value is -2.11. The smallest absolute Gasteiger partial charge is 0.333 e. The van der Waals surface area contributed by atoms with Crippen LogP contribution in [0.2, 0.25) is 0 Å². The first-order chi connectivity index (χ1) is 13.9. The summed E-state index contributed by atoms with van der Waals surface area (Å²) in [6, 6.07) is 0. The second-order valence-electron chi connectivity index (χ2n) is 8.78. The number of carbonyl (C=O) groups is 3. The molecule has 0 spiro atoms. The molecule has 6 atom stereocenters. The van der Waals surface area contributed by atoms with E-state index in [9.17, 15) is 14.4 Å².